The molecule has 0 amide bonds. The first-order valence-corrected chi connectivity index (χ1v) is 4.76. The summed E-state index contributed by atoms with van der Waals surface area (Å²) in [5.41, 5.74) is 0.983. The number of ether oxygens (including phenoxy) is 1. The van der Waals surface area contributed by atoms with Crippen LogP contribution < -0.4 is 0 Å². The highest BCUT2D eigenvalue weighted by molar-refractivity contribution is 7.12. The van der Waals surface area contributed by atoms with Crippen LogP contribution in [0.3, 0.4) is 0 Å². The van der Waals surface area contributed by atoms with Crippen LogP contribution in [-0.4, -0.2) is 13.1 Å². The summed E-state index contributed by atoms with van der Waals surface area (Å²) >= 11 is 1.41. The first-order valence-electron chi connectivity index (χ1n) is 3.88. The molecule has 0 unspecified atom stereocenters. The quantitative estimate of drug-likeness (QED) is 0.630. The zero-order chi connectivity index (χ0) is 9.56. The lowest BCUT2D eigenvalue weighted by atomic mass is 10.3. The number of thiophene rings is 1. The molecule has 0 bridgehead atoms. The van der Waals surface area contributed by atoms with Crippen LogP contribution >= 0.6 is 11.3 Å². The van der Waals surface area contributed by atoms with Crippen LogP contribution in [0.25, 0.3) is 0 Å². The molecule has 1 aromatic rings. The highest BCUT2D eigenvalue weighted by atomic mass is 32.1. The lowest BCUT2D eigenvalue weighted by Gasteiger charge is -1.94. The monoisotopic (exact) mass is 186 g/mol. The molecule has 68 valence electrons. The Bertz CT molecular complexity index is 240. The average molecular weight is 186 g/mol. The summed E-state index contributed by atoms with van der Waals surface area (Å²) in [5, 5.41) is 1.88. The zero-order valence-corrected chi connectivity index (χ0v) is 8.70. The number of esters is 1. The van der Waals surface area contributed by atoms with Crippen molar-refractivity contribution in [3.05, 3.63) is 21.9 Å². The van der Waals surface area contributed by atoms with Gasteiger partial charge in [-0.2, -0.15) is 0 Å². The predicted molar refractivity (Wildman–Crippen MR) is 51.7 cm³/mol. The van der Waals surface area contributed by atoms with Crippen LogP contribution in [0.4, 0.5) is 0 Å². The maximum Gasteiger partial charge on any atom is 0.348 e. The van der Waals surface area contributed by atoms with E-state index in [0.717, 1.165) is 5.56 Å². The third-order valence-corrected chi connectivity index (χ3v) is 2.23. The summed E-state index contributed by atoms with van der Waals surface area (Å²) in [6.07, 6.45) is 0. The van der Waals surface area contributed by atoms with Gasteiger partial charge in [-0.3, -0.25) is 0 Å². The van der Waals surface area contributed by atoms with E-state index in [1.54, 1.807) is 0 Å². The number of carbonyl (C=O) groups is 1. The summed E-state index contributed by atoms with van der Waals surface area (Å²) in [4.78, 5) is 11.6. The fourth-order valence-electron chi connectivity index (χ4n) is 0.675. The molecule has 0 aliphatic rings. The Morgan fingerprint density at radius 2 is 2.08 bits per heavy atom. The van der Waals surface area contributed by atoms with Gasteiger partial charge in [0.25, 0.3) is 0 Å². The minimum absolute atomic E-state index is 0.243. The molecule has 0 atom stereocenters. The summed E-state index contributed by atoms with van der Waals surface area (Å²) in [5.74, 6) is -0.243. The van der Waals surface area contributed by atoms with Crippen molar-refractivity contribution >= 4 is 17.3 Å². The maximum atomic E-state index is 10.9. The second kappa shape index (κ2) is 5.77. The molecule has 1 aromatic heterocycles. The van der Waals surface area contributed by atoms with Gasteiger partial charge < -0.3 is 4.74 Å². The first kappa shape index (κ1) is 11.2. The number of hydrogen-bond donors (Lipinski definition) is 0. The fraction of sp³-hybridized carbons (Fsp3) is 0.444. The summed E-state index contributed by atoms with van der Waals surface area (Å²) in [7, 11) is 1.39. The summed E-state index contributed by atoms with van der Waals surface area (Å²) < 4.78 is 4.55. The van der Waals surface area contributed by atoms with Crippen LogP contribution in [0, 0.1) is 6.92 Å². The zero-order valence-electron chi connectivity index (χ0n) is 7.88. The number of aryl methyl sites for hydroxylation is 1. The molecular weight excluding hydrogens is 172 g/mol. The third-order valence-electron chi connectivity index (χ3n) is 1.23. The van der Waals surface area contributed by atoms with Crippen LogP contribution in [0.1, 0.15) is 29.1 Å². The first-order chi connectivity index (χ1) is 5.75. The Labute approximate surface area is 77.2 Å². The van der Waals surface area contributed by atoms with E-state index in [1.807, 2.05) is 32.2 Å². The minimum Gasteiger partial charge on any atom is -0.465 e. The standard InChI is InChI=1S/C7H8O2S.C2H6/c1-5-3-4-10-6(5)7(8)9-2;1-2/h3-4H,1-2H3;1-2H3. The Morgan fingerprint density at radius 3 is 2.42 bits per heavy atom. The predicted octanol–water partition coefficient (Wildman–Crippen LogP) is 2.87. The summed E-state index contributed by atoms with van der Waals surface area (Å²) in [6.45, 7) is 5.89. The van der Waals surface area contributed by atoms with Crippen molar-refractivity contribution in [2.75, 3.05) is 7.11 Å². The van der Waals surface area contributed by atoms with Gasteiger partial charge in [-0.1, -0.05) is 13.8 Å². The highest BCUT2D eigenvalue weighted by Crippen LogP contribution is 2.15. The van der Waals surface area contributed by atoms with Gasteiger partial charge in [0.15, 0.2) is 0 Å². The Hall–Kier alpha value is -0.830. The van der Waals surface area contributed by atoms with E-state index in [4.69, 9.17) is 0 Å². The molecule has 3 heteroatoms. The van der Waals surface area contributed by atoms with Gasteiger partial charge in [0, 0.05) is 0 Å². The van der Waals surface area contributed by atoms with Crippen molar-refractivity contribution in [1.29, 1.82) is 0 Å². The largest absolute Gasteiger partial charge is 0.465 e. The topological polar surface area (TPSA) is 26.3 Å². The molecule has 2 nitrogen and oxygen atoms in total. The molecule has 0 aromatic carbocycles. The third kappa shape index (κ3) is 2.66. The van der Waals surface area contributed by atoms with Crippen molar-refractivity contribution in [3.8, 4) is 0 Å². The SMILES string of the molecule is CC.COC(=O)c1sccc1C. The van der Waals surface area contributed by atoms with E-state index >= 15 is 0 Å². The second-order valence-electron chi connectivity index (χ2n) is 1.92. The van der Waals surface area contributed by atoms with E-state index in [1.165, 1.54) is 18.4 Å². The maximum absolute atomic E-state index is 10.9. The van der Waals surface area contributed by atoms with Gasteiger partial charge in [0.05, 0.1) is 7.11 Å². The summed E-state index contributed by atoms with van der Waals surface area (Å²) in [6, 6.07) is 1.90. The molecule has 0 N–H and O–H groups in total. The van der Waals surface area contributed by atoms with Gasteiger partial charge in [-0.25, -0.2) is 4.79 Å². The smallest absolute Gasteiger partial charge is 0.348 e. The van der Waals surface area contributed by atoms with Crippen LogP contribution in [0.2, 0.25) is 0 Å². The van der Waals surface area contributed by atoms with Gasteiger partial charge in [0.1, 0.15) is 4.88 Å². The number of carbonyl (C=O) groups excluding carboxylic acids is 1. The Balaban J connectivity index is 0.000000561. The van der Waals surface area contributed by atoms with Crippen molar-refractivity contribution in [1.82, 2.24) is 0 Å². The van der Waals surface area contributed by atoms with Gasteiger partial charge >= 0.3 is 5.97 Å². The van der Waals surface area contributed by atoms with E-state index in [2.05, 4.69) is 4.74 Å². The molecule has 0 spiro atoms. The number of rotatable bonds is 1. The van der Waals surface area contributed by atoms with Gasteiger partial charge in [-0.15, -0.1) is 11.3 Å². The van der Waals surface area contributed by atoms with Gasteiger partial charge in [-0.05, 0) is 23.9 Å². The Kier molecular flexibility index (Phi) is 5.37. The Morgan fingerprint density at radius 1 is 1.50 bits per heavy atom. The number of methoxy groups -OCH3 is 1. The van der Waals surface area contributed by atoms with Crippen LogP contribution in [-0.2, 0) is 4.74 Å². The molecule has 1 heterocycles. The van der Waals surface area contributed by atoms with Gasteiger partial charge in [0.2, 0.25) is 0 Å². The molecule has 0 fully saturated rings. The van der Waals surface area contributed by atoms with E-state index < -0.39 is 0 Å². The lowest BCUT2D eigenvalue weighted by molar-refractivity contribution is 0.0605. The molecule has 0 radical (unpaired) electrons. The molecule has 0 aliphatic heterocycles. The minimum atomic E-state index is -0.243. The average Bonchev–Trinajstić information content (AvgIpc) is 2.54. The van der Waals surface area contributed by atoms with E-state index in [-0.39, 0.29) is 5.97 Å². The van der Waals surface area contributed by atoms with Crippen LogP contribution in [0.15, 0.2) is 11.4 Å². The molecule has 0 saturated carbocycles. The van der Waals surface area contributed by atoms with Crippen molar-refractivity contribution in [2.24, 2.45) is 0 Å². The fourth-order valence-corrected chi connectivity index (χ4v) is 1.52. The van der Waals surface area contributed by atoms with Crippen LogP contribution in [0.5, 0.6) is 0 Å². The lowest BCUT2D eigenvalue weighted by Crippen LogP contribution is -1.99. The molecule has 0 aliphatic carbocycles. The van der Waals surface area contributed by atoms with Crippen molar-refractivity contribution in [2.45, 2.75) is 20.8 Å². The second-order valence-corrected chi connectivity index (χ2v) is 2.84. The normalized spacial score (nSPS) is 8.33. The molecule has 12 heavy (non-hydrogen) atoms. The molecular formula is C9H14O2S. The van der Waals surface area contributed by atoms with Crippen molar-refractivity contribution < 1.29 is 9.53 Å². The van der Waals surface area contributed by atoms with E-state index in [9.17, 15) is 4.79 Å². The molecule has 0 saturated heterocycles. The van der Waals surface area contributed by atoms with E-state index in [0.29, 0.717) is 4.88 Å². The molecule has 1 rings (SSSR count). The highest BCUT2D eigenvalue weighted by Gasteiger charge is 2.08. The van der Waals surface area contributed by atoms with Crippen molar-refractivity contribution in [3.63, 3.8) is 0 Å². The number of hydrogen-bond acceptors (Lipinski definition) is 3.